The zero-order valence-electron chi connectivity index (χ0n) is 10.5. The highest BCUT2D eigenvalue weighted by Gasteiger charge is 2.36. The second-order valence-corrected chi connectivity index (χ2v) is 5.52. The van der Waals surface area contributed by atoms with Gasteiger partial charge in [0.25, 0.3) is 0 Å². The van der Waals surface area contributed by atoms with E-state index >= 15 is 0 Å². The van der Waals surface area contributed by atoms with Gasteiger partial charge < -0.3 is 5.32 Å². The normalized spacial score (nSPS) is 43.4. The highest BCUT2D eigenvalue weighted by Crippen LogP contribution is 2.37. The third-order valence-corrected chi connectivity index (χ3v) is 4.58. The molecule has 2 aliphatic rings. The number of nitrogens with zero attached hydrogens (tertiary/aromatic N) is 1. The first-order valence-electron chi connectivity index (χ1n) is 6.69. The maximum atomic E-state index is 3.53. The van der Waals surface area contributed by atoms with Crippen LogP contribution in [0.1, 0.15) is 40.0 Å². The van der Waals surface area contributed by atoms with Gasteiger partial charge in [0.1, 0.15) is 0 Å². The molecule has 0 radical (unpaired) electrons. The molecule has 4 unspecified atom stereocenters. The Hall–Kier alpha value is -0.0800. The first kappa shape index (κ1) is 11.4. The fraction of sp³-hybridized carbons (Fsp3) is 1.00. The van der Waals surface area contributed by atoms with E-state index in [1.807, 2.05) is 0 Å². The molecule has 2 fully saturated rings. The minimum absolute atomic E-state index is 0.687. The average molecular weight is 210 g/mol. The summed E-state index contributed by atoms with van der Waals surface area (Å²) < 4.78 is 0. The summed E-state index contributed by atoms with van der Waals surface area (Å²) in [5.74, 6) is 1.90. The Morgan fingerprint density at radius 1 is 1.27 bits per heavy atom. The van der Waals surface area contributed by atoms with Crippen molar-refractivity contribution in [2.24, 2.45) is 11.8 Å². The van der Waals surface area contributed by atoms with Gasteiger partial charge in [0.2, 0.25) is 0 Å². The molecule has 0 aromatic heterocycles. The molecule has 2 nitrogen and oxygen atoms in total. The minimum Gasteiger partial charge on any atom is -0.312 e. The number of hydrogen-bond donors (Lipinski definition) is 1. The summed E-state index contributed by atoms with van der Waals surface area (Å²) in [7, 11) is 0. The molecule has 1 aliphatic carbocycles. The topological polar surface area (TPSA) is 15.3 Å². The number of nitrogens with one attached hydrogen (secondary N) is 1. The zero-order valence-corrected chi connectivity index (χ0v) is 10.5. The van der Waals surface area contributed by atoms with Gasteiger partial charge in [-0.2, -0.15) is 0 Å². The lowest BCUT2D eigenvalue weighted by atomic mass is 9.92. The smallest absolute Gasteiger partial charge is 0.0167 e. The Kier molecular flexibility index (Phi) is 3.68. The van der Waals surface area contributed by atoms with Gasteiger partial charge in [-0.3, -0.25) is 4.90 Å². The van der Waals surface area contributed by atoms with Crippen molar-refractivity contribution in [1.29, 1.82) is 0 Å². The number of hydrogen-bond acceptors (Lipinski definition) is 2. The molecule has 1 aliphatic heterocycles. The van der Waals surface area contributed by atoms with E-state index in [9.17, 15) is 0 Å². The van der Waals surface area contributed by atoms with Crippen molar-refractivity contribution in [2.75, 3.05) is 19.6 Å². The van der Waals surface area contributed by atoms with Crippen LogP contribution in [-0.4, -0.2) is 36.6 Å². The van der Waals surface area contributed by atoms with Crippen LogP contribution in [0.4, 0.5) is 0 Å². The summed E-state index contributed by atoms with van der Waals surface area (Å²) in [6, 6.07) is 1.56. The molecule has 4 atom stereocenters. The van der Waals surface area contributed by atoms with Gasteiger partial charge in [-0.1, -0.05) is 20.3 Å². The summed E-state index contributed by atoms with van der Waals surface area (Å²) in [4.78, 5) is 2.74. The highest BCUT2D eigenvalue weighted by atomic mass is 15.2. The third-order valence-electron chi connectivity index (χ3n) is 4.58. The molecule has 1 heterocycles. The number of rotatable bonds is 2. The molecule has 15 heavy (non-hydrogen) atoms. The molecule has 0 aromatic carbocycles. The van der Waals surface area contributed by atoms with Gasteiger partial charge in [0.05, 0.1) is 0 Å². The van der Waals surface area contributed by atoms with Gasteiger partial charge in [0, 0.05) is 31.7 Å². The molecule has 0 bridgehead atoms. The second kappa shape index (κ2) is 4.84. The van der Waals surface area contributed by atoms with Gasteiger partial charge in [-0.05, 0) is 31.6 Å². The van der Waals surface area contributed by atoms with E-state index in [1.165, 1.54) is 38.9 Å². The Bertz CT molecular complexity index is 205. The Labute approximate surface area is 94.4 Å². The maximum absolute atomic E-state index is 3.53. The van der Waals surface area contributed by atoms with Crippen molar-refractivity contribution in [3.05, 3.63) is 0 Å². The second-order valence-electron chi connectivity index (χ2n) is 5.52. The van der Waals surface area contributed by atoms with E-state index in [-0.39, 0.29) is 0 Å². The molecule has 88 valence electrons. The van der Waals surface area contributed by atoms with Gasteiger partial charge in [0.15, 0.2) is 0 Å². The van der Waals surface area contributed by atoms with E-state index in [1.54, 1.807) is 0 Å². The molecule has 1 N–H and O–H groups in total. The summed E-state index contributed by atoms with van der Waals surface area (Å²) in [5.41, 5.74) is 0. The fourth-order valence-corrected chi connectivity index (χ4v) is 3.58. The van der Waals surface area contributed by atoms with Crippen molar-refractivity contribution >= 4 is 0 Å². The Morgan fingerprint density at radius 3 is 2.67 bits per heavy atom. The molecule has 0 amide bonds. The van der Waals surface area contributed by atoms with Crippen LogP contribution in [0.3, 0.4) is 0 Å². The third kappa shape index (κ3) is 2.36. The number of piperazine rings is 1. The SMILES string of the molecule is CCC1CCC(N2CCNC(C)C2)C1C. The van der Waals surface area contributed by atoms with Gasteiger partial charge in [-0.15, -0.1) is 0 Å². The van der Waals surface area contributed by atoms with Crippen LogP contribution in [-0.2, 0) is 0 Å². The van der Waals surface area contributed by atoms with E-state index in [4.69, 9.17) is 0 Å². The van der Waals surface area contributed by atoms with Crippen LogP contribution in [0.5, 0.6) is 0 Å². The van der Waals surface area contributed by atoms with Crippen LogP contribution in [0.25, 0.3) is 0 Å². The fourth-order valence-electron chi connectivity index (χ4n) is 3.58. The van der Waals surface area contributed by atoms with Gasteiger partial charge >= 0.3 is 0 Å². The van der Waals surface area contributed by atoms with Crippen molar-refractivity contribution in [2.45, 2.75) is 52.1 Å². The average Bonchev–Trinajstić information content (AvgIpc) is 2.59. The summed E-state index contributed by atoms with van der Waals surface area (Å²) in [5, 5.41) is 3.53. The monoisotopic (exact) mass is 210 g/mol. The quantitative estimate of drug-likeness (QED) is 0.751. The lowest BCUT2D eigenvalue weighted by molar-refractivity contribution is 0.117. The molecule has 0 aromatic rings. The van der Waals surface area contributed by atoms with Crippen LogP contribution < -0.4 is 5.32 Å². The minimum atomic E-state index is 0.687. The largest absolute Gasteiger partial charge is 0.312 e. The standard InChI is InChI=1S/C13H26N2/c1-4-12-5-6-13(11(12)3)15-8-7-14-10(2)9-15/h10-14H,4-9H2,1-3H3. The van der Waals surface area contributed by atoms with E-state index in [0.29, 0.717) is 6.04 Å². The van der Waals surface area contributed by atoms with E-state index in [2.05, 4.69) is 31.0 Å². The lowest BCUT2D eigenvalue weighted by Crippen LogP contribution is -2.53. The zero-order chi connectivity index (χ0) is 10.8. The molecular weight excluding hydrogens is 184 g/mol. The highest BCUT2D eigenvalue weighted by molar-refractivity contribution is 4.91. The van der Waals surface area contributed by atoms with Crippen LogP contribution in [0, 0.1) is 11.8 Å². The van der Waals surface area contributed by atoms with Crippen molar-refractivity contribution < 1.29 is 0 Å². The summed E-state index contributed by atoms with van der Waals surface area (Å²) >= 11 is 0. The first-order valence-corrected chi connectivity index (χ1v) is 6.69. The van der Waals surface area contributed by atoms with Crippen molar-refractivity contribution in [3.8, 4) is 0 Å². The van der Waals surface area contributed by atoms with Crippen LogP contribution in [0.15, 0.2) is 0 Å². The Morgan fingerprint density at radius 2 is 2.07 bits per heavy atom. The molecule has 2 rings (SSSR count). The molecule has 1 saturated heterocycles. The first-order chi connectivity index (χ1) is 7.22. The lowest BCUT2D eigenvalue weighted by Gasteiger charge is -2.38. The van der Waals surface area contributed by atoms with Crippen molar-refractivity contribution in [1.82, 2.24) is 10.2 Å². The summed E-state index contributed by atoms with van der Waals surface area (Å²) in [6.07, 6.45) is 4.27. The van der Waals surface area contributed by atoms with Gasteiger partial charge in [-0.25, -0.2) is 0 Å². The Balaban J connectivity index is 1.93. The predicted molar refractivity (Wildman–Crippen MR) is 65.0 cm³/mol. The molecular formula is C13H26N2. The molecule has 0 spiro atoms. The van der Waals surface area contributed by atoms with E-state index in [0.717, 1.165) is 17.9 Å². The van der Waals surface area contributed by atoms with Crippen LogP contribution in [0.2, 0.25) is 0 Å². The predicted octanol–water partition coefficient (Wildman–Crippen LogP) is 2.10. The van der Waals surface area contributed by atoms with Crippen LogP contribution >= 0.6 is 0 Å². The molecule has 2 heteroatoms. The molecule has 1 saturated carbocycles. The maximum Gasteiger partial charge on any atom is 0.0167 e. The van der Waals surface area contributed by atoms with Crippen molar-refractivity contribution in [3.63, 3.8) is 0 Å². The summed E-state index contributed by atoms with van der Waals surface area (Å²) in [6.45, 7) is 10.8. The van der Waals surface area contributed by atoms with E-state index < -0.39 is 0 Å².